The minimum atomic E-state index is 0.567. The van der Waals surface area contributed by atoms with E-state index in [0.717, 1.165) is 21.8 Å². The lowest BCUT2D eigenvalue weighted by Gasteiger charge is -1.98. The average Bonchev–Trinajstić information content (AvgIpc) is 2.78. The first-order valence-corrected chi connectivity index (χ1v) is 5.94. The molecule has 0 atom stereocenters. The van der Waals surface area contributed by atoms with Crippen LogP contribution in [0, 0.1) is 0 Å². The van der Waals surface area contributed by atoms with E-state index in [4.69, 9.17) is 10.5 Å². The van der Waals surface area contributed by atoms with Gasteiger partial charge in [-0.3, -0.25) is 0 Å². The third kappa shape index (κ3) is 2.47. The fourth-order valence-electron chi connectivity index (χ4n) is 1.44. The summed E-state index contributed by atoms with van der Waals surface area (Å²) in [5, 5.41) is 3.05. The molecule has 1 heterocycles. The Morgan fingerprint density at radius 3 is 2.69 bits per heavy atom. The summed E-state index contributed by atoms with van der Waals surface area (Å²) in [4.78, 5) is 4.49. The molecule has 16 heavy (non-hydrogen) atoms. The predicted octanol–water partition coefficient (Wildman–Crippen LogP) is 2.42. The number of nitrogens with zero attached hydrogens (tertiary/aromatic N) is 1. The van der Waals surface area contributed by atoms with E-state index in [1.807, 2.05) is 17.5 Å². The molecule has 0 aliphatic rings. The van der Waals surface area contributed by atoms with Crippen LogP contribution in [0.15, 0.2) is 29.6 Å². The summed E-state index contributed by atoms with van der Waals surface area (Å²) < 4.78 is 5.04. The van der Waals surface area contributed by atoms with E-state index in [1.165, 1.54) is 0 Å². The average molecular weight is 234 g/mol. The first kappa shape index (κ1) is 11.3. The largest absolute Gasteiger partial charge is 0.378 e. The summed E-state index contributed by atoms with van der Waals surface area (Å²) in [5.74, 6) is 0. The van der Waals surface area contributed by atoms with Gasteiger partial charge in [-0.05, 0) is 5.56 Å². The lowest BCUT2D eigenvalue weighted by Crippen LogP contribution is -1.95. The summed E-state index contributed by atoms with van der Waals surface area (Å²) >= 11 is 1.63. The van der Waals surface area contributed by atoms with E-state index in [2.05, 4.69) is 17.1 Å². The monoisotopic (exact) mass is 234 g/mol. The number of ether oxygens (including phenoxy) is 1. The zero-order valence-electron chi connectivity index (χ0n) is 9.14. The van der Waals surface area contributed by atoms with Gasteiger partial charge in [0.25, 0.3) is 0 Å². The maximum absolute atomic E-state index is 5.55. The Hall–Kier alpha value is -1.23. The van der Waals surface area contributed by atoms with Crippen LogP contribution < -0.4 is 5.73 Å². The second-order valence-corrected chi connectivity index (χ2v) is 4.34. The van der Waals surface area contributed by atoms with Crippen molar-refractivity contribution >= 4 is 11.3 Å². The van der Waals surface area contributed by atoms with Gasteiger partial charge in [0, 0.05) is 24.6 Å². The van der Waals surface area contributed by atoms with Gasteiger partial charge in [0.05, 0.1) is 12.3 Å². The van der Waals surface area contributed by atoms with Crippen LogP contribution in [-0.2, 0) is 17.9 Å². The molecule has 3 nitrogen and oxygen atoms in total. The van der Waals surface area contributed by atoms with Gasteiger partial charge in [-0.1, -0.05) is 24.3 Å². The number of thiazole rings is 1. The summed E-state index contributed by atoms with van der Waals surface area (Å²) in [5.41, 5.74) is 8.80. The molecule has 2 rings (SSSR count). The van der Waals surface area contributed by atoms with E-state index in [0.29, 0.717) is 13.2 Å². The van der Waals surface area contributed by atoms with Crippen molar-refractivity contribution in [2.75, 3.05) is 7.11 Å². The maximum Gasteiger partial charge on any atom is 0.123 e. The topological polar surface area (TPSA) is 48.1 Å². The Bertz CT molecular complexity index is 450. The van der Waals surface area contributed by atoms with Gasteiger partial charge in [0.15, 0.2) is 0 Å². The SMILES string of the molecule is COCc1csc(-c2ccc(CN)cc2)n1. The van der Waals surface area contributed by atoms with Crippen LogP contribution in [0.5, 0.6) is 0 Å². The molecule has 0 radical (unpaired) electrons. The highest BCUT2D eigenvalue weighted by atomic mass is 32.1. The molecule has 0 spiro atoms. The van der Waals surface area contributed by atoms with Crippen molar-refractivity contribution in [1.29, 1.82) is 0 Å². The maximum atomic E-state index is 5.55. The molecule has 0 aliphatic carbocycles. The molecular formula is C12H14N2OS. The molecule has 0 saturated heterocycles. The Morgan fingerprint density at radius 1 is 1.31 bits per heavy atom. The molecule has 0 aliphatic heterocycles. The van der Waals surface area contributed by atoms with E-state index in [-0.39, 0.29) is 0 Å². The van der Waals surface area contributed by atoms with Crippen molar-refractivity contribution < 1.29 is 4.74 Å². The van der Waals surface area contributed by atoms with Gasteiger partial charge < -0.3 is 10.5 Å². The Balaban J connectivity index is 2.21. The molecule has 0 fully saturated rings. The second-order valence-electron chi connectivity index (χ2n) is 3.48. The lowest BCUT2D eigenvalue weighted by molar-refractivity contribution is 0.182. The highest BCUT2D eigenvalue weighted by molar-refractivity contribution is 7.13. The summed E-state index contributed by atoms with van der Waals surface area (Å²) in [7, 11) is 1.68. The summed E-state index contributed by atoms with van der Waals surface area (Å²) in [6.07, 6.45) is 0. The number of hydrogen-bond donors (Lipinski definition) is 1. The van der Waals surface area contributed by atoms with Crippen molar-refractivity contribution in [2.45, 2.75) is 13.2 Å². The molecule has 2 aromatic rings. The molecule has 0 saturated carbocycles. The molecule has 1 aromatic heterocycles. The lowest BCUT2D eigenvalue weighted by atomic mass is 10.1. The van der Waals surface area contributed by atoms with Gasteiger partial charge in [0.2, 0.25) is 0 Å². The van der Waals surface area contributed by atoms with Gasteiger partial charge in [-0.25, -0.2) is 4.98 Å². The van der Waals surface area contributed by atoms with E-state index in [9.17, 15) is 0 Å². The third-order valence-electron chi connectivity index (χ3n) is 2.28. The van der Waals surface area contributed by atoms with Crippen LogP contribution in [0.3, 0.4) is 0 Å². The predicted molar refractivity (Wildman–Crippen MR) is 66.2 cm³/mol. The van der Waals surface area contributed by atoms with Crippen molar-refractivity contribution in [1.82, 2.24) is 4.98 Å². The Morgan fingerprint density at radius 2 is 2.06 bits per heavy atom. The van der Waals surface area contributed by atoms with Crippen LogP contribution in [0.25, 0.3) is 10.6 Å². The van der Waals surface area contributed by atoms with Crippen molar-refractivity contribution in [3.05, 3.63) is 40.9 Å². The minimum absolute atomic E-state index is 0.567. The van der Waals surface area contributed by atoms with Gasteiger partial charge in [-0.15, -0.1) is 11.3 Å². The number of aromatic nitrogens is 1. The molecule has 1 aromatic carbocycles. The highest BCUT2D eigenvalue weighted by Crippen LogP contribution is 2.24. The van der Waals surface area contributed by atoms with Crippen LogP contribution in [-0.4, -0.2) is 12.1 Å². The first-order chi connectivity index (χ1) is 7.83. The molecular weight excluding hydrogens is 220 g/mol. The summed E-state index contributed by atoms with van der Waals surface area (Å²) in [6, 6.07) is 8.18. The Labute approximate surface area is 98.9 Å². The van der Waals surface area contributed by atoms with E-state index < -0.39 is 0 Å². The molecule has 2 N–H and O–H groups in total. The fourth-order valence-corrected chi connectivity index (χ4v) is 2.25. The van der Waals surface area contributed by atoms with Gasteiger partial charge in [0.1, 0.15) is 5.01 Å². The van der Waals surface area contributed by atoms with Crippen LogP contribution in [0.2, 0.25) is 0 Å². The molecule has 0 unspecified atom stereocenters. The van der Waals surface area contributed by atoms with Crippen LogP contribution in [0.4, 0.5) is 0 Å². The smallest absolute Gasteiger partial charge is 0.123 e. The second kappa shape index (κ2) is 5.21. The normalized spacial score (nSPS) is 10.6. The van der Waals surface area contributed by atoms with E-state index >= 15 is 0 Å². The van der Waals surface area contributed by atoms with Crippen LogP contribution >= 0.6 is 11.3 Å². The number of methoxy groups -OCH3 is 1. The molecule has 0 bridgehead atoms. The number of benzene rings is 1. The fraction of sp³-hybridized carbons (Fsp3) is 0.250. The number of hydrogen-bond acceptors (Lipinski definition) is 4. The molecule has 84 valence electrons. The quantitative estimate of drug-likeness (QED) is 0.883. The van der Waals surface area contributed by atoms with Crippen molar-refractivity contribution in [3.63, 3.8) is 0 Å². The van der Waals surface area contributed by atoms with Crippen molar-refractivity contribution in [3.8, 4) is 10.6 Å². The first-order valence-electron chi connectivity index (χ1n) is 5.06. The van der Waals surface area contributed by atoms with Crippen molar-refractivity contribution in [2.24, 2.45) is 5.73 Å². The van der Waals surface area contributed by atoms with Gasteiger partial charge >= 0.3 is 0 Å². The standard InChI is InChI=1S/C12H14N2OS/c1-15-7-11-8-16-12(14-11)10-4-2-9(6-13)3-5-10/h2-5,8H,6-7,13H2,1H3. The third-order valence-corrected chi connectivity index (χ3v) is 3.22. The zero-order chi connectivity index (χ0) is 11.4. The molecule has 0 amide bonds. The Kier molecular flexibility index (Phi) is 3.66. The molecule has 4 heteroatoms. The van der Waals surface area contributed by atoms with Gasteiger partial charge in [-0.2, -0.15) is 0 Å². The van der Waals surface area contributed by atoms with E-state index in [1.54, 1.807) is 18.4 Å². The number of rotatable bonds is 4. The minimum Gasteiger partial charge on any atom is -0.378 e. The van der Waals surface area contributed by atoms with Crippen LogP contribution in [0.1, 0.15) is 11.3 Å². The zero-order valence-corrected chi connectivity index (χ0v) is 9.96. The summed E-state index contributed by atoms with van der Waals surface area (Å²) in [6.45, 7) is 1.14. The highest BCUT2D eigenvalue weighted by Gasteiger charge is 2.04. The number of nitrogens with two attached hydrogens (primary N) is 1.